The van der Waals surface area contributed by atoms with E-state index in [1.165, 1.54) is 6.07 Å². The summed E-state index contributed by atoms with van der Waals surface area (Å²) in [5.41, 5.74) is 5.82. The Morgan fingerprint density at radius 2 is 2.00 bits per heavy atom. The summed E-state index contributed by atoms with van der Waals surface area (Å²) in [7, 11) is -2.05. The lowest BCUT2D eigenvalue weighted by Crippen LogP contribution is -2.32. The highest BCUT2D eigenvalue weighted by atomic mass is 32.2. The van der Waals surface area contributed by atoms with Crippen molar-refractivity contribution >= 4 is 15.9 Å². The Morgan fingerprint density at radius 3 is 2.61 bits per heavy atom. The lowest BCUT2D eigenvalue weighted by Gasteiger charge is -2.19. The number of carbonyl (C=O) groups is 1. The molecule has 0 aliphatic heterocycles. The van der Waals surface area contributed by atoms with Gasteiger partial charge in [-0.25, -0.2) is 13.1 Å². The van der Waals surface area contributed by atoms with Crippen LogP contribution in [0.3, 0.4) is 0 Å². The monoisotopic (exact) mass is 341 g/mol. The molecule has 1 aromatic carbocycles. The van der Waals surface area contributed by atoms with Crippen molar-refractivity contribution in [2.75, 3.05) is 20.1 Å². The Labute approximate surface area is 139 Å². The highest BCUT2D eigenvalue weighted by Gasteiger charge is 2.23. The highest BCUT2D eigenvalue weighted by molar-refractivity contribution is 7.89. The minimum Gasteiger partial charge on any atom is -0.342 e. The van der Waals surface area contributed by atoms with Gasteiger partial charge in [-0.05, 0) is 31.9 Å². The van der Waals surface area contributed by atoms with Gasteiger partial charge in [0.2, 0.25) is 10.0 Å². The van der Waals surface area contributed by atoms with Crippen LogP contribution in [-0.2, 0) is 10.0 Å². The molecule has 0 saturated carbocycles. The van der Waals surface area contributed by atoms with E-state index in [0.717, 1.165) is 12.8 Å². The van der Waals surface area contributed by atoms with Crippen molar-refractivity contribution in [3.8, 4) is 0 Å². The van der Waals surface area contributed by atoms with Crippen molar-refractivity contribution in [2.24, 2.45) is 5.73 Å². The Kier molecular flexibility index (Phi) is 7.67. The lowest BCUT2D eigenvalue weighted by molar-refractivity contribution is 0.0789. The van der Waals surface area contributed by atoms with Crippen LogP contribution in [0.4, 0.5) is 0 Å². The van der Waals surface area contributed by atoms with Gasteiger partial charge in [-0.1, -0.05) is 25.5 Å². The molecular weight excluding hydrogens is 314 g/mol. The number of nitrogens with two attached hydrogens (primary N) is 1. The lowest BCUT2D eigenvalue weighted by atomic mass is 10.2. The number of amides is 1. The molecule has 3 N–H and O–H groups in total. The summed E-state index contributed by atoms with van der Waals surface area (Å²) >= 11 is 0. The second-order valence-corrected chi connectivity index (χ2v) is 7.48. The molecular formula is C16H27N3O3S. The molecule has 7 heteroatoms. The van der Waals surface area contributed by atoms with Gasteiger partial charge in [-0.15, -0.1) is 0 Å². The van der Waals surface area contributed by atoms with Crippen LogP contribution in [0.2, 0.25) is 0 Å². The molecule has 6 nitrogen and oxygen atoms in total. The molecule has 0 aromatic heterocycles. The summed E-state index contributed by atoms with van der Waals surface area (Å²) in [5, 5.41) is 0. The first-order chi connectivity index (χ1) is 10.8. The first kappa shape index (κ1) is 19.6. The number of nitrogens with zero attached hydrogens (tertiary/aromatic N) is 1. The molecule has 0 radical (unpaired) electrons. The fourth-order valence-corrected chi connectivity index (χ4v) is 3.32. The van der Waals surface area contributed by atoms with Crippen molar-refractivity contribution in [1.29, 1.82) is 0 Å². The SMILES string of the molecule is CCCCN(C)C(=O)c1ccccc1S(=O)(=O)NCCC(C)N. The van der Waals surface area contributed by atoms with Gasteiger partial charge >= 0.3 is 0 Å². The van der Waals surface area contributed by atoms with Gasteiger partial charge < -0.3 is 10.6 Å². The summed E-state index contributed by atoms with van der Waals surface area (Å²) in [6.45, 7) is 4.70. The van der Waals surface area contributed by atoms with E-state index in [1.54, 1.807) is 30.1 Å². The molecule has 1 rings (SSSR count). The van der Waals surface area contributed by atoms with Gasteiger partial charge in [0.1, 0.15) is 0 Å². The van der Waals surface area contributed by atoms with Gasteiger partial charge in [-0.3, -0.25) is 4.79 Å². The number of carbonyl (C=O) groups excluding carboxylic acids is 1. The molecule has 0 bridgehead atoms. The Morgan fingerprint density at radius 1 is 1.35 bits per heavy atom. The quantitative estimate of drug-likeness (QED) is 0.713. The Hall–Kier alpha value is -1.44. The number of nitrogens with one attached hydrogen (secondary N) is 1. The number of benzene rings is 1. The fraction of sp³-hybridized carbons (Fsp3) is 0.562. The van der Waals surface area contributed by atoms with Gasteiger partial charge in [0.25, 0.3) is 5.91 Å². The summed E-state index contributed by atoms with van der Waals surface area (Å²) in [4.78, 5) is 14.1. The molecule has 0 aliphatic carbocycles. The average molecular weight is 341 g/mol. The number of unbranched alkanes of at least 4 members (excludes halogenated alkanes) is 1. The minimum atomic E-state index is -3.74. The molecule has 0 spiro atoms. The third-order valence-corrected chi connectivity index (χ3v) is 5.01. The van der Waals surface area contributed by atoms with E-state index in [-0.39, 0.29) is 29.0 Å². The van der Waals surface area contributed by atoms with Crippen LogP contribution in [0.25, 0.3) is 0 Å². The predicted octanol–water partition coefficient (Wildman–Crippen LogP) is 1.57. The van der Waals surface area contributed by atoms with Crippen LogP contribution in [-0.4, -0.2) is 45.4 Å². The van der Waals surface area contributed by atoms with Crippen molar-refractivity contribution < 1.29 is 13.2 Å². The highest BCUT2D eigenvalue weighted by Crippen LogP contribution is 2.17. The molecule has 130 valence electrons. The zero-order valence-corrected chi connectivity index (χ0v) is 14.9. The Balaban J connectivity index is 2.98. The molecule has 0 aliphatic rings. The van der Waals surface area contributed by atoms with Crippen molar-refractivity contribution in [3.05, 3.63) is 29.8 Å². The Bertz CT molecular complexity index is 615. The van der Waals surface area contributed by atoms with E-state index in [4.69, 9.17) is 5.73 Å². The number of hydrogen-bond donors (Lipinski definition) is 2. The fourth-order valence-electron chi connectivity index (χ4n) is 2.08. The second-order valence-electron chi connectivity index (χ2n) is 5.74. The number of sulfonamides is 1. The van der Waals surface area contributed by atoms with Crippen LogP contribution >= 0.6 is 0 Å². The first-order valence-corrected chi connectivity index (χ1v) is 9.37. The van der Waals surface area contributed by atoms with Gasteiger partial charge in [0.15, 0.2) is 0 Å². The molecule has 1 amide bonds. The van der Waals surface area contributed by atoms with Crippen molar-refractivity contribution in [1.82, 2.24) is 9.62 Å². The van der Waals surface area contributed by atoms with Crippen LogP contribution in [0, 0.1) is 0 Å². The van der Waals surface area contributed by atoms with Crippen LogP contribution in [0.5, 0.6) is 0 Å². The van der Waals surface area contributed by atoms with Crippen molar-refractivity contribution in [3.63, 3.8) is 0 Å². The van der Waals surface area contributed by atoms with Gasteiger partial charge in [0, 0.05) is 26.2 Å². The largest absolute Gasteiger partial charge is 0.342 e. The zero-order chi connectivity index (χ0) is 17.5. The van der Waals surface area contributed by atoms with E-state index in [0.29, 0.717) is 13.0 Å². The maximum absolute atomic E-state index is 12.5. The zero-order valence-electron chi connectivity index (χ0n) is 14.1. The van der Waals surface area contributed by atoms with Crippen LogP contribution in [0.15, 0.2) is 29.2 Å². The molecule has 23 heavy (non-hydrogen) atoms. The van der Waals surface area contributed by atoms with E-state index < -0.39 is 10.0 Å². The smallest absolute Gasteiger partial charge is 0.254 e. The standard InChI is InChI=1S/C16H27N3O3S/c1-4-5-12-19(3)16(20)14-8-6-7-9-15(14)23(21,22)18-11-10-13(2)17/h6-9,13,18H,4-5,10-12,17H2,1-3H3. The second kappa shape index (κ2) is 9.00. The summed E-state index contributed by atoms with van der Waals surface area (Å²) in [6, 6.07) is 6.19. The third-order valence-electron chi connectivity index (χ3n) is 3.49. The van der Waals surface area contributed by atoms with E-state index in [9.17, 15) is 13.2 Å². The molecule has 1 unspecified atom stereocenters. The minimum absolute atomic E-state index is 0.0121. The molecule has 0 saturated heterocycles. The van der Waals surface area contributed by atoms with E-state index >= 15 is 0 Å². The molecule has 1 aromatic rings. The summed E-state index contributed by atoms with van der Waals surface area (Å²) in [5.74, 6) is -0.286. The van der Waals surface area contributed by atoms with Crippen LogP contribution < -0.4 is 10.5 Å². The molecule has 0 fully saturated rings. The third kappa shape index (κ3) is 5.93. The van der Waals surface area contributed by atoms with Crippen LogP contribution in [0.1, 0.15) is 43.5 Å². The maximum atomic E-state index is 12.5. The normalized spacial score (nSPS) is 12.9. The number of hydrogen-bond acceptors (Lipinski definition) is 4. The topological polar surface area (TPSA) is 92.5 Å². The molecule has 1 atom stereocenters. The predicted molar refractivity (Wildman–Crippen MR) is 91.8 cm³/mol. The number of rotatable bonds is 9. The van der Waals surface area contributed by atoms with Crippen molar-refractivity contribution in [2.45, 2.75) is 44.0 Å². The summed E-state index contributed by atoms with van der Waals surface area (Å²) < 4.78 is 27.4. The van der Waals surface area contributed by atoms with Gasteiger partial charge in [0.05, 0.1) is 10.5 Å². The van der Waals surface area contributed by atoms with E-state index in [1.807, 2.05) is 13.8 Å². The summed E-state index contributed by atoms with van der Waals surface area (Å²) in [6.07, 6.45) is 2.38. The molecule has 0 heterocycles. The maximum Gasteiger partial charge on any atom is 0.254 e. The van der Waals surface area contributed by atoms with E-state index in [2.05, 4.69) is 4.72 Å². The first-order valence-electron chi connectivity index (χ1n) is 7.89. The average Bonchev–Trinajstić information content (AvgIpc) is 2.51. The van der Waals surface area contributed by atoms with Gasteiger partial charge in [-0.2, -0.15) is 0 Å².